The SMILES string of the molecule is CC1(C)c2cc(-c3nc(-c4ccccc4)nc(-c4c5c(cc6ccccc46)C(C)(C)c4ccccc4-5)n3)ccc2-c2cc3ccccc3cc21. The van der Waals surface area contributed by atoms with Crippen LogP contribution in [0, 0.1) is 0 Å². The molecule has 0 amide bonds. The third kappa shape index (κ3) is 4.07. The van der Waals surface area contributed by atoms with E-state index >= 15 is 0 Å². The minimum absolute atomic E-state index is 0.159. The molecule has 238 valence electrons. The van der Waals surface area contributed by atoms with Crippen molar-refractivity contribution in [2.24, 2.45) is 0 Å². The van der Waals surface area contributed by atoms with Crippen molar-refractivity contribution in [3.63, 3.8) is 0 Å². The second-order valence-corrected chi connectivity index (χ2v) is 14.9. The minimum atomic E-state index is -0.172. The largest absolute Gasteiger partial charge is 0.208 e. The highest BCUT2D eigenvalue weighted by molar-refractivity contribution is 6.07. The molecule has 0 aliphatic heterocycles. The lowest BCUT2D eigenvalue weighted by Gasteiger charge is -2.23. The van der Waals surface area contributed by atoms with Crippen LogP contribution in [-0.4, -0.2) is 15.0 Å². The third-order valence-electron chi connectivity index (χ3n) is 11.3. The van der Waals surface area contributed by atoms with Crippen molar-refractivity contribution in [3.8, 4) is 56.4 Å². The highest BCUT2D eigenvalue weighted by Gasteiger charge is 2.39. The second kappa shape index (κ2) is 10.3. The summed E-state index contributed by atoms with van der Waals surface area (Å²) in [5.41, 5.74) is 13.1. The smallest absolute Gasteiger partial charge is 0.165 e. The molecule has 0 atom stereocenters. The quantitative estimate of drug-likeness (QED) is 0.193. The fraction of sp³-hybridized carbons (Fsp3) is 0.128. The van der Waals surface area contributed by atoms with Gasteiger partial charge in [0.1, 0.15) is 0 Å². The molecule has 0 N–H and O–H groups in total. The average molecular weight is 642 g/mol. The minimum Gasteiger partial charge on any atom is -0.208 e. The van der Waals surface area contributed by atoms with Gasteiger partial charge in [-0.15, -0.1) is 0 Å². The number of hydrogen-bond acceptors (Lipinski definition) is 3. The standard InChI is InChI=1S/C47H35N3/c1-46(2)37-21-13-12-20-35(37)41-40(46)26-31-18-10-11-19-33(31)42(41)45-49-43(28-14-6-5-7-15-28)48-44(50-45)32-22-23-34-36-24-29-16-8-9-17-30(29)25-39(36)47(3,4)38(34)27-32/h5-27H,1-4H3. The van der Waals surface area contributed by atoms with E-state index < -0.39 is 0 Å². The molecule has 1 aromatic heterocycles. The van der Waals surface area contributed by atoms with Gasteiger partial charge in [-0.25, -0.2) is 15.0 Å². The molecule has 0 spiro atoms. The van der Waals surface area contributed by atoms with Crippen LogP contribution in [0.1, 0.15) is 49.9 Å². The van der Waals surface area contributed by atoms with Crippen LogP contribution in [0.4, 0.5) is 0 Å². The molecule has 0 radical (unpaired) electrons. The van der Waals surface area contributed by atoms with Gasteiger partial charge in [-0.2, -0.15) is 0 Å². The van der Waals surface area contributed by atoms with E-state index in [2.05, 4.69) is 149 Å². The van der Waals surface area contributed by atoms with Crippen LogP contribution >= 0.6 is 0 Å². The van der Waals surface area contributed by atoms with E-state index in [0.29, 0.717) is 17.5 Å². The fourth-order valence-electron chi connectivity index (χ4n) is 8.64. The van der Waals surface area contributed by atoms with Gasteiger partial charge in [0.05, 0.1) is 0 Å². The molecule has 7 aromatic carbocycles. The van der Waals surface area contributed by atoms with Crippen LogP contribution in [-0.2, 0) is 10.8 Å². The number of fused-ring (bicyclic) bond motifs is 8. The summed E-state index contributed by atoms with van der Waals surface area (Å²) in [5, 5.41) is 4.87. The van der Waals surface area contributed by atoms with Crippen LogP contribution in [0.15, 0.2) is 140 Å². The molecular weight excluding hydrogens is 607 g/mol. The highest BCUT2D eigenvalue weighted by atomic mass is 15.0. The Hall–Kier alpha value is -5.93. The summed E-state index contributed by atoms with van der Waals surface area (Å²) >= 11 is 0. The summed E-state index contributed by atoms with van der Waals surface area (Å²) in [5.74, 6) is 2.05. The van der Waals surface area contributed by atoms with Gasteiger partial charge < -0.3 is 0 Å². The van der Waals surface area contributed by atoms with Gasteiger partial charge in [0.25, 0.3) is 0 Å². The molecule has 8 aromatic rings. The molecule has 0 unspecified atom stereocenters. The van der Waals surface area contributed by atoms with E-state index in [0.717, 1.165) is 22.1 Å². The second-order valence-electron chi connectivity index (χ2n) is 14.9. The summed E-state index contributed by atoms with van der Waals surface area (Å²) in [6.45, 7) is 9.33. The number of aromatic nitrogens is 3. The maximum Gasteiger partial charge on any atom is 0.165 e. The van der Waals surface area contributed by atoms with E-state index in [1.165, 1.54) is 60.7 Å². The predicted molar refractivity (Wildman–Crippen MR) is 206 cm³/mol. The summed E-state index contributed by atoms with van der Waals surface area (Å²) in [7, 11) is 0. The summed E-state index contributed by atoms with van der Waals surface area (Å²) in [4.78, 5) is 15.9. The molecule has 2 aliphatic rings. The molecule has 3 heteroatoms. The van der Waals surface area contributed by atoms with Gasteiger partial charge in [-0.3, -0.25) is 0 Å². The van der Waals surface area contributed by atoms with Gasteiger partial charge in [0.2, 0.25) is 0 Å². The molecule has 3 nitrogen and oxygen atoms in total. The summed E-state index contributed by atoms with van der Waals surface area (Å²) < 4.78 is 0. The number of nitrogens with zero attached hydrogens (tertiary/aromatic N) is 3. The molecule has 2 aliphatic carbocycles. The van der Waals surface area contributed by atoms with Crippen molar-refractivity contribution in [2.75, 3.05) is 0 Å². The first-order valence-corrected chi connectivity index (χ1v) is 17.5. The lowest BCUT2D eigenvalue weighted by molar-refractivity contribution is 0.661. The number of hydrogen-bond donors (Lipinski definition) is 0. The van der Waals surface area contributed by atoms with Crippen LogP contribution in [0.5, 0.6) is 0 Å². The maximum absolute atomic E-state index is 5.39. The molecular formula is C47H35N3. The Bertz CT molecular complexity index is 2700. The van der Waals surface area contributed by atoms with Gasteiger partial charge in [0.15, 0.2) is 17.5 Å². The predicted octanol–water partition coefficient (Wildman–Crippen LogP) is 11.8. The monoisotopic (exact) mass is 641 g/mol. The number of benzene rings is 7. The van der Waals surface area contributed by atoms with Gasteiger partial charge in [0, 0.05) is 27.5 Å². The van der Waals surface area contributed by atoms with Gasteiger partial charge in [-0.1, -0.05) is 143 Å². The zero-order valence-corrected chi connectivity index (χ0v) is 28.6. The van der Waals surface area contributed by atoms with Crippen molar-refractivity contribution >= 4 is 21.5 Å². The summed E-state index contributed by atoms with van der Waals surface area (Å²) in [6.07, 6.45) is 0. The molecule has 0 fully saturated rings. The zero-order valence-electron chi connectivity index (χ0n) is 28.6. The summed E-state index contributed by atoms with van der Waals surface area (Å²) in [6, 6.07) is 50.3. The zero-order chi connectivity index (χ0) is 33.8. The van der Waals surface area contributed by atoms with Crippen molar-refractivity contribution in [2.45, 2.75) is 38.5 Å². The van der Waals surface area contributed by atoms with E-state index in [4.69, 9.17) is 15.0 Å². The molecule has 0 bridgehead atoms. The van der Waals surface area contributed by atoms with Crippen molar-refractivity contribution in [1.29, 1.82) is 0 Å². The first-order valence-electron chi connectivity index (χ1n) is 17.5. The Morgan fingerprint density at radius 2 is 0.940 bits per heavy atom. The molecule has 0 saturated heterocycles. The van der Waals surface area contributed by atoms with Gasteiger partial charge in [-0.05, 0) is 90.3 Å². The lowest BCUT2D eigenvalue weighted by atomic mass is 9.81. The topological polar surface area (TPSA) is 38.7 Å². The molecule has 1 heterocycles. The van der Waals surface area contributed by atoms with Crippen LogP contribution in [0.25, 0.3) is 78.0 Å². The first-order chi connectivity index (χ1) is 24.3. The van der Waals surface area contributed by atoms with Crippen molar-refractivity contribution in [1.82, 2.24) is 15.0 Å². The van der Waals surface area contributed by atoms with Crippen LogP contribution in [0.2, 0.25) is 0 Å². The van der Waals surface area contributed by atoms with E-state index in [9.17, 15) is 0 Å². The molecule has 50 heavy (non-hydrogen) atoms. The Kier molecular flexibility index (Phi) is 5.97. The molecule has 10 rings (SSSR count). The van der Waals surface area contributed by atoms with Crippen LogP contribution in [0.3, 0.4) is 0 Å². The van der Waals surface area contributed by atoms with Crippen molar-refractivity contribution in [3.05, 3.63) is 162 Å². The third-order valence-corrected chi connectivity index (χ3v) is 11.3. The van der Waals surface area contributed by atoms with Crippen LogP contribution < -0.4 is 0 Å². The Morgan fingerprint density at radius 3 is 1.74 bits per heavy atom. The first kappa shape index (κ1) is 29.0. The average Bonchev–Trinajstić information content (AvgIpc) is 3.51. The van der Waals surface area contributed by atoms with E-state index in [-0.39, 0.29) is 10.8 Å². The Labute approximate surface area is 292 Å². The Morgan fingerprint density at radius 1 is 0.360 bits per heavy atom. The highest BCUT2D eigenvalue weighted by Crippen LogP contribution is 2.54. The van der Waals surface area contributed by atoms with E-state index in [1.54, 1.807) is 0 Å². The normalized spacial score (nSPS) is 14.7. The fourth-order valence-corrected chi connectivity index (χ4v) is 8.64. The molecule has 0 saturated carbocycles. The number of rotatable bonds is 3. The van der Waals surface area contributed by atoms with Gasteiger partial charge >= 0.3 is 0 Å². The van der Waals surface area contributed by atoms with E-state index in [1.807, 2.05) is 18.2 Å². The Balaban J connectivity index is 1.24. The lowest BCUT2D eigenvalue weighted by Crippen LogP contribution is -2.15. The van der Waals surface area contributed by atoms with Crippen molar-refractivity contribution < 1.29 is 0 Å². The maximum atomic E-state index is 5.39.